The van der Waals surface area contributed by atoms with E-state index >= 15 is 0 Å². The van der Waals surface area contributed by atoms with Crippen molar-refractivity contribution in [3.8, 4) is 11.8 Å². The van der Waals surface area contributed by atoms with Gasteiger partial charge in [-0.25, -0.2) is 0 Å². The summed E-state index contributed by atoms with van der Waals surface area (Å²) in [5.74, 6) is 0.655. The molecule has 0 aliphatic carbocycles. The second-order valence-corrected chi connectivity index (χ2v) is 7.42. The summed E-state index contributed by atoms with van der Waals surface area (Å²) in [7, 11) is 1.60. The van der Waals surface area contributed by atoms with E-state index in [1.807, 2.05) is 36.5 Å². The molecule has 0 radical (unpaired) electrons. The predicted molar refractivity (Wildman–Crippen MR) is 118 cm³/mol. The van der Waals surface area contributed by atoms with Crippen LogP contribution in [0.15, 0.2) is 42.6 Å². The molecule has 0 saturated heterocycles. The molecule has 3 aromatic rings. The summed E-state index contributed by atoms with van der Waals surface area (Å²) in [5, 5.41) is 17.9. The molecular weight excluding hydrogens is 384 g/mol. The first kappa shape index (κ1) is 20.9. The first-order valence-electron chi connectivity index (χ1n) is 9.67. The van der Waals surface area contributed by atoms with Crippen molar-refractivity contribution < 1.29 is 4.74 Å². The second-order valence-electron chi connectivity index (χ2n) is 7.01. The first-order valence-corrected chi connectivity index (χ1v) is 10.0. The molecule has 0 amide bonds. The maximum atomic E-state index is 9.32. The molecule has 0 fully saturated rings. The fourth-order valence-electron chi connectivity index (χ4n) is 3.09. The van der Waals surface area contributed by atoms with Gasteiger partial charge in [0.25, 0.3) is 0 Å². The van der Waals surface area contributed by atoms with Crippen LogP contribution in [0, 0.1) is 11.3 Å². The van der Waals surface area contributed by atoms with E-state index in [0.29, 0.717) is 35.5 Å². The van der Waals surface area contributed by atoms with E-state index in [1.54, 1.807) is 13.2 Å². The maximum Gasteiger partial charge on any atom is 0.137 e. The molecule has 2 aromatic carbocycles. The average Bonchev–Trinajstić information content (AvgIpc) is 2.75. The van der Waals surface area contributed by atoms with Crippen molar-refractivity contribution in [1.82, 2.24) is 10.3 Å². The van der Waals surface area contributed by atoms with E-state index < -0.39 is 0 Å². The van der Waals surface area contributed by atoms with Crippen molar-refractivity contribution in [2.45, 2.75) is 39.4 Å². The monoisotopic (exact) mass is 408 g/mol. The molecule has 2 N–H and O–H groups in total. The molecule has 29 heavy (non-hydrogen) atoms. The third-order valence-corrected chi connectivity index (χ3v) is 5.31. The van der Waals surface area contributed by atoms with Crippen molar-refractivity contribution in [2.24, 2.45) is 0 Å². The molecule has 0 aliphatic rings. The van der Waals surface area contributed by atoms with Crippen LogP contribution in [0.25, 0.3) is 10.9 Å². The largest absolute Gasteiger partial charge is 0.495 e. The molecule has 150 valence electrons. The van der Waals surface area contributed by atoms with Gasteiger partial charge in [-0.2, -0.15) is 5.26 Å². The summed E-state index contributed by atoms with van der Waals surface area (Å²) >= 11 is 6.27. The van der Waals surface area contributed by atoms with Crippen LogP contribution in [0.2, 0.25) is 5.02 Å². The number of nitrogens with one attached hydrogen (secondary N) is 2. The van der Waals surface area contributed by atoms with Crippen molar-refractivity contribution in [2.75, 3.05) is 12.4 Å². The molecule has 1 atom stereocenters. The molecule has 1 aromatic heterocycles. The highest BCUT2D eigenvalue weighted by Gasteiger charge is 2.11. The highest BCUT2D eigenvalue weighted by Crippen LogP contribution is 2.29. The number of fused-ring (bicyclic) bond motifs is 1. The summed E-state index contributed by atoms with van der Waals surface area (Å²) in [4.78, 5) is 4.59. The molecule has 5 nitrogen and oxygen atoms in total. The number of anilines is 1. The Hall–Kier alpha value is -2.81. The highest BCUT2D eigenvalue weighted by molar-refractivity contribution is 6.32. The first-order chi connectivity index (χ1) is 14.0. The van der Waals surface area contributed by atoms with Crippen LogP contribution in [0.4, 0.5) is 5.69 Å². The van der Waals surface area contributed by atoms with E-state index in [-0.39, 0.29) is 0 Å². The van der Waals surface area contributed by atoms with Crippen molar-refractivity contribution in [1.29, 1.82) is 5.26 Å². The Morgan fingerprint density at radius 3 is 2.72 bits per heavy atom. The highest BCUT2D eigenvalue weighted by atomic mass is 35.5. The minimum Gasteiger partial charge on any atom is -0.495 e. The Balaban J connectivity index is 1.95. The zero-order valence-electron chi connectivity index (χ0n) is 16.9. The van der Waals surface area contributed by atoms with Gasteiger partial charge in [-0.15, -0.1) is 0 Å². The number of hydrogen-bond donors (Lipinski definition) is 2. The zero-order valence-corrected chi connectivity index (χ0v) is 17.7. The van der Waals surface area contributed by atoms with Crippen LogP contribution in [-0.4, -0.2) is 18.1 Å². The molecule has 6 heteroatoms. The number of rotatable bonds is 8. The Morgan fingerprint density at radius 2 is 2.03 bits per heavy atom. The minimum atomic E-state index is 0.407. The number of methoxy groups -OCH3 is 1. The molecule has 0 unspecified atom stereocenters. The summed E-state index contributed by atoms with van der Waals surface area (Å²) < 4.78 is 5.23. The number of aromatic nitrogens is 1. The van der Waals surface area contributed by atoms with Gasteiger partial charge in [0.15, 0.2) is 0 Å². The molecule has 0 saturated carbocycles. The summed E-state index contributed by atoms with van der Waals surface area (Å²) in [6.45, 7) is 5.60. The van der Waals surface area contributed by atoms with Crippen LogP contribution in [0.3, 0.4) is 0 Å². The molecule has 0 spiro atoms. The van der Waals surface area contributed by atoms with Gasteiger partial charge in [-0.05, 0) is 49.2 Å². The van der Waals surface area contributed by atoms with E-state index in [1.165, 1.54) is 0 Å². The van der Waals surface area contributed by atoms with Gasteiger partial charge in [0.1, 0.15) is 5.75 Å². The summed E-state index contributed by atoms with van der Waals surface area (Å²) in [6.07, 6.45) is 2.94. The topological polar surface area (TPSA) is 70.0 Å². The third kappa shape index (κ3) is 4.97. The number of hydrogen-bond acceptors (Lipinski definition) is 5. The van der Waals surface area contributed by atoms with Crippen molar-refractivity contribution >= 4 is 28.2 Å². The Morgan fingerprint density at radius 1 is 1.21 bits per heavy atom. The van der Waals surface area contributed by atoms with Crippen LogP contribution in [0.5, 0.6) is 5.75 Å². The van der Waals surface area contributed by atoms with Gasteiger partial charge < -0.3 is 15.4 Å². The molecule has 3 rings (SSSR count). The Kier molecular flexibility index (Phi) is 6.92. The van der Waals surface area contributed by atoms with E-state index in [9.17, 15) is 5.26 Å². The number of benzene rings is 2. The van der Waals surface area contributed by atoms with Crippen molar-refractivity contribution in [3.05, 3.63) is 64.3 Å². The molecular formula is C23H25ClN4O. The van der Waals surface area contributed by atoms with Crippen LogP contribution >= 0.6 is 11.6 Å². The fraction of sp³-hybridized carbons (Fsp3) is 0.304. The lowest BCUT2D eigenvalue weighted by molar-refractivity contribution is 0.415. The minimum absolute atomic E-state index is 0.407. The van der Waals surface area contributed by atoms with Gasteiger partial charge in [0.05, 0.1) is 29.3 Å². The number of halogens is 1. The second kappa shape index (κ2) is 9.60. The Bertz CT molecular complexity index is 1040. The van der Waals surface area contributed by atoms with Crippen LogP contribution in [-0.2, 0) is 13.1 Å². The molecule has 0 bridgehead atoms. The van der Waals surface area contributed by atoms with Crippen molar-refractivity contribution in [3.63, 3.8) is 0 Å². The lowest BCUT2D eigenvalue weighted by atomic mass is 10.1. The van der Waals surface area contributed by atoms with Crippen LogP contribution in [0.1, 0.15) is 37.0 Å². The summed E-state index contributed by atoms with van der Waals surface area (Å²) in [6, 6.07) is 13.9. The third-order valence-electron chi connectivity index (χ3n) is 5.01. The SMILES string of the molecule is CC[C@@H](C)NCc1cnc2ccc(C#N)cc2c1NCc1ccc(OC)c(Cl)c1. The van der Waals surface area contributed by atoms with E-state index in [4.69, 9.17) is 16.3 Å². The quantitative estimate of drug-likeness (QED) is 0.531. The molecule has 1 heterocycles. The van der Waals surface area contributed by atoms with E-state index in [0.717, 1.165) is 34.1 Å². The predicted octanol–water partition coefficient (Wildman–Crippen LogP) is 5.27. The standard InChI is InChI=1S/C23H25ClN4O/c1-4-15(2)26-13-18-14-27-21-7-5-16(11-25)9-19(21)23(18)28-12-17-6-8-22(29-3)20(24)10-17/h5-10,14-15,26H,4,12-13H2,1-3H3,(H,27,28)/t15-/m1/s1. The fourth-order valence-corrected chi connectivity index (χ4v) is 3.37. The van der Waals surface area contributed by atoms with E-state index in [2.05, 4.69) is 35.5 Å². The number of pyridine rings is 1. The lowest BCUT2D eigenvalue weighted by Crippen LogP contribution is -2.25. The average molecular weight is 409 g/mol. The van der Waals surface area contributed by atoms with Gasteiger partial charge in [0.2, 0.25) is 0 Å². The van der Waals surface area contributed by atoms with Gasteiger partial charge in [-0.1, -0.05) is 24.6 Å². The smallest absolute Gasteiger partial charge is 0.137 e. The van der Waals surface area contributed by atoms with Gasteiger partial charge in [-0.3, -0.25) is 4.98 Å². The molecule has 0 aliphatic heterocycles. The number of ether oxygens (including phenoxy) is 1. The Labute approximate surface area is 176 Å². The van der Waals surface area contributed by atoms with Gasteiger partial charge in [0, 0.05) is 42.0 Å². The lowest BCUT2D eigenvalue weighted by Gasteiger charge is -2.18. The normalized spacial score (nSPS) is 11.8. The number of nitrogens with zero attached hydrogens (tertiary/aromatic N) is 2. The van der Waals surface area contributed by atoms with Gasteiger partial charge >= 0.3 is 0 Å². The van der Waals surface area contributed by atoms with Crippen LogP contribution < -0.4 is 15.4 Å². The summed E-state index contributed by atoms with van der Waals surface area (Å²) in [5.41, 5.74) is 4.55. The zero-order chi connectivity index (χ0) is 20.8. The number of nitriles is 1. The maximum absolute atomic E-state index is 9.32.